The van der Waals surface area contributed by atoms with Crippen molar-refractivity contribution in [2.45, 2.75) is 13.1 Å². The molecular weight excluding hydrogens is 581 g/mol. The number of pyridine rings is 2. The first-order valence-electron chi connectivity index (χ1n) is 14.2. The minimum atomic E-state index is -4.56. The highest BCUT2D eigenvalue weighted by molar-refractivity contribution is 6.04. The quantitative estimate of drug-likeness (QED) is 0.384. The second-order valence-corrected chi connectivity index (χ2v) is 10.5. The number of hydrogen-bond acceptors (Lipinski definition) is 8. The molecule has 44 heavy (non-hydrogen) atoms. The summed E-state index contributed by atoms with van der Waals surface area (Å²) in [4.78, 5) is 38.7. The Morgan fingerprint density at radius 2 is 1.77 bits per heavy atom. The van der Waals surface area contributed by atoms with Gasteiger partial charge in [0, 0.05) is 74.4 Å². The average Bonchev–Trinajstić information content (AvgIpc) is 3.02. The Balaban J connectivity index is 1.33. The van der Waals surface area contributed by atoms with Crippen LogP contribution in [0.4, 0.5) is 29.3 Å². The van der Waals surface area contributed by atoms with E-state index in [2.05, 4.69) is 25.1 Å². The van der Waals surface area contributed by atoms with Gasteiger partial charge in [0.1, 0.15) is 12.3 Å². The first-order chi connectivity index (χ1) is 21.1. The van der Waals surface area contributed by atoms with Gasteiger partial charge in [0.05, 0.1) is 30.7 Å². The summed E-state index contributed by atoms with van der Waals surface area (Å²) in [5, 5.41) is 11.8. The monoisotopic (exact) mass is 614 g/mol. The van der Waals surface area contributed by atoms with Crippen molar-refractivity contribution < 1.29 is 37.3 Å². The topological polar surface area (TPSA) is 120 Å². The molecule has 0 aliphatic carbocycles. The molecule has 2 aromatic heterocycles. The lowest BCUT2D eigenvalue weighted by Gasteiger charge is -2.33. The van der Waals surface area contributed by atoms with Crippen LogP contribution in [0.1, 0.15) is 21.6 Å². The number of carboxylic acid groups (broad SMARTS) is 1. The fourth-order valence-corrected chi connectivity index (χ4v) is 5.10. The minimum absolute atomic E-state index is 0.122. The van der Waals surface area contributed by atoms with Crippen LogP contribution in [0.15, 0.2) is 48.8 Å². The maximum absolute atomic E-state index is 13.1. The Morgan fingerprint density at radius 1 is 1.02 bits per heavy atom. The number of carbonyl (C=O) groups excluding carboxylic acids is 1. The number of aromatic nitrogens is 2. The van der Waals surface area contributed by atoms with Crippen LogP contribution in [0.3, 0.4) is 0 Å². The smallest absolute Gasteiger partial charge is 0.416 e. The van der Waals surface area contributed by atoms with Gasteiger partial charge in [-0.2, -0.15) is 13.2 Å². The molecule has 0 unspecified atom stereocenters. The number of rotatable bonds is 8. The zero-order valence-corrected chi connectivity index (χ0v) is 24.1. The van der Waals surface area contributed by atoms with Gasteiger partial charge in [0.2, 0.25) is 5.88 Å². The molecule has 2 aliphatic rings. The molecule has 3 aromatic rings. The molecule has 0 atom stereocenters. The van der Waals surface area contributed by atoms with E-state index < -0.39 is 23.7 Å². The Bertz CT molecular complexity index is 1490. The van der Waals surface area contributed by atoms with E-state index in [4.69, 9.17) is 14.6 Å². The summed E-state index contributed by atoms with van der Waals surface area (Å²) < 4.78 is 51.1. The number of amides is 2. The van der Waals surface area contributed by atoms with E-state index in [9.17, 15) is 22.8 Å². The van der Waals surface area contributed by atoms with Crippen molar-refractivity contribution in [3.05, 3.63) is 65.6 Å². The SMILES string of the molecule is Cc1ncc(NC(=O)c2cccc(C(F)(F)F)c2)cc1-c1cnc(OCCN2CCN(C(=O)O)CC2)c(N2CCOCC2)c1. The van der Waals surface area contributed by atoms with Gasteiger partial charge in [0.15, 0.2) is 0 Å². The number of nitrogens with one attached hydrogen (secondary N) is 1. The number of morpholine rings is 1. The third-order valence-electron chi connectivity index (χ3n) is 7.58. The van der Waals surface area contributed by atoms with Gasteiger partial charge >= 0.3 is 12.3 Å². The fraction of sp³-hybridized carbons (Fsp3) is 0.400. The van der Waals surface area contributed by atoms with Crippen molar-refractivity contribution in [1.29, 1.82) is 0 Å². The van der Waals surface area contributed by atoms with Gasteiger partial charge in [-0.3, -0.25) is 14.7 Å². The first-order valence-corrected chi connectivity index (χ1v) is 14.2. The Hall–Kier alpha value is -4.43. The van der Waals surface area contributed by atoms with Crippen LogP contribution in [-0.4, -0.2) is 103 Å². The lowest BCUT2D eigenvalue weighted by Crippen LogP contribution is -2.49. The standard InChI is InChI=1S/C30H33F3N6O5/c1-20-25(17-24(19-34-20)36-27(40)21-3-2-4-23(15-21)30(31,32)33)22-16-26(38-10-12-43-13-11-38)28(35-18-22)44-14-9-37-5-7-39(8-6-37)29(41)42/h2-4,15-19H,5-14H2,1H3,(H,36,40)(H,41,42). The number of ether oxygens (including phenoxy) is 2. The van der Waals surface area contributed by atoms with E-state index in [-0.39, 0.29) is 5.56 Å². The van der Waals surface area contributed by atoms with Gasteiger partial charge < -0.3 is 29.7 Å². The number of piperazine rings is 1. The summed E-state index contributed by atoms with van der Waals surface area (Å²) in [6.07, 6.45) is -2.36. The van der Waals surface area contributed by atoms with E-state index in [0.717, 1.165) is 23.4 Å². The summed E-state index contributed by atoms with van der Waals surface area (Å²) in [5.74, 6) is -0.229. The van der Waals surface area contributed by atoms with Crippen LogP contribution >= 0.6 is 0 Å². The third kappa shape index (κ3) is 7.55. The highest BCUT2D eigenvalue weighted by atomic mass is 19.4. The van der Waals surface area contributed by atoms with Gasteiger partial charge in [-0.25, -0.2) is 9.78 Å². The first kappa shape index (κ1) is 31.0. The van der Waals surface area contributed by atoms with Gasteiger partial charge in [-0.1, -0.05) is 6.07 Å². The van der Waals surface area contributed by atoms with Crippen molar-refractivity contribution in [1.82, 2.24) is 19.8 Å². The van der Waals surface area contributed by atoms with Crippen LogP contribution in [0.25, 0.3) is 11.1 Å². The van der Waals surface area contributed by atoms with Crippen molar-refractivity contribution in [2.75, 3.05) is 75.9 Å². The number of aryl methyl sites for hydroxylation is 1. The number of carbonyl (C=O) groups is 2. The summed E-state index contributed by atoms with van der Waals surface area (Å²) >= 11 is 0. The normalized spacial score (nSPS) is 16.1. The highest BCUT2D eigenvalue weighted by Crippen LogP contribution is 2.34. The number of nitrogens with zero attached hydrogens (tertiary/aromatic N) is 5. The van der Waals surface area contributed by atoms with Crippen LogP contribution < -0.4 is 15.0 Å². The van der Waals surface area contributed by atoms with Crippen LogP contribution in [0.2, 0.25) is 0 Å². The molecule has 234 valence electrons. The van der Waals surface area contributed by atoms with E-state index in [1.165, 1.54) is 23.2 Å². The number of anilines is 2. The number of benzene rings is 1. The lowest BCUT2D eigenvalue weighted by atomic mass is 10.0. The number of alkyl halides is 3. The van der Waals surface area contributed by atoms with E-state index in [1.807, 2.05) is 13.0 Å². The second kappa shape index (κ2) is 13.5. The lowest BCUT2D eigenvalue weighted by molar-refractivity contribution is -0.137. The zero-order valence-electron chi connectivity index (χ0n) is 24.1. The molecule has 0 saturated carbocycles. The molecule has 2 amide bonds. The zero-order chi connectivity index (χ0) is 31.3. The second-order valence-electron chi connectivity index (χ2n) is 10.5. The average molecular weight is 615 g/mol. The summed E-state index contributed by atoms with van der Waals surface area (Å²) in [5.41, 5.74) is 2.16. The van der Waals surface area contributed by atoms with Crippen molar-refractivity contribution in [3.63, 3.8) is 0 Å². The molecular formula is C30H33F3N6O5. The Morgan fingerprint density at radius 3 is 2.48 bits per heavy atom. The minimum Gasteiger partial charge on any atom is -0.475 e. The van der Waals surface area contributed by atoms with Crippen LogP contribution in [-0.2, 0) is 10.9 Å². The predicted octanol–water partition coefficient (Wildman–Crippen LogP) is 4.23. The van der Waals surface area contributed by atoms with Crippen molar-refractivity contribution >= 4 is 23.4 Å². The molecule has 0 bridgehead atoms. The third-order valence-corrected chi connectivity index (χ3v) is 7.58. The van der Waals surface area contributed by atoms with E-state index in [0.29, 0.717) is 88.5 Å². The van der Waals surface area contributed by atoms with Crippen molar-refractivity contribution in [2.24, 2.45) is 0 Å². The molecule has 2 N–H and O–H groups in total. The largest absolute Gasteiger partial charge is 0.475 e. The van der Waals surface area contributed by atoms with E-state index >= 15 is 0 Å². The molecule has 2 aliphatic heterocycles. The van der Waals surface area contributed by atoms with Gasteiger partial charge in [-0.05, 0) is 37.3 Å². The summed E-state index contributed by atoms with van der Waals surface area (Å²) in [6.45, 7) is 7.36. The summed E-state index contributed by atoms with van der Waals surface area (Å²) in [7, 11) is 0. The molecule has 14 heteroatoms. The van der Waals surface area contributed by atoms with Crippen LogP contribution in [0.5, 0.6) is 5.88 Å². The predicted molar refractivity (Wildman–Crippen MR) is 156 cm³/mol. The Kier molecular flexibility index (Phi) is 9.49. The molecule has 2 fully saturated rings. The van der Waals surface area contributed by atoms with Gasteiger partial charge in [-0.15, -0.1) is 0 Å². The number of halogens is 3. The van der Waals surface area contributed by atoms with Gasteiger partial charge in [0.25, 0.3) is 5.91 Å². The van der Waals surface area contributed by atoms with Crippen LogP contribution in [0, 0.1) is 6.92 Å². The molecule has 4 heterocycles. The molecule has 0 spiro atoms. The molecule has 11 nitrogen and oxygen atoms in total. The van der Waals surface area contributed by atoms with Crippen molar-refractivity contribution in [3.8, 4) is 17.0 Å². The summed E-state index contributed by atoms with van der Waals surface area (Å²) in [6, 6.07) is 7.90. The highest BCUT2D eigenvalue weighted by Gasteiger charge is 2.31. The Labute approximate surface area is 252 Å². The van der Waals surface area contributed by atoms with E-state index in [1.54, 1.807) is 12.3 Å². The number of hydrogen-bond donors (Lipinski definition) is 2. The molecule has 1 aromatic carbocycles. The molecule has 0 radical (unpaired) electrons. The molecule has 2 saturated heterocycles. The molecule has 5 rings (SSSR count). The maximum atomic E-state index is 13.1. The maximum Gasteiger partial charge on any atom is 0.416 e. The fourth-order valence-electron chi connectivity index (χ4n) is 5.10.